The lowest BCUT2D eigenvalue weighted by atomic mass is 10.1. The van der Waals surface area contributed by atoms with Gasteiger partial charge in [-0.1, -0.05) is 12.1 Å². The molecule has 0 spiro atoms. The predicted octanol–water partition coefficient (Wildman–Crippen LogP) is 2.87. The number of halogens is 2. The molecular formula is C18H18F2N2O3. The quantitative estimate of drug-likeness (QED) is 0.753. The number of aryl methyl sites for hydroxylation is 1. The molecule has 0 atom stereocenters. The van der Waals surface area contributed by atoms with Crippen molar-refractivity contribution in [2.24, 2.45) is 0 Å². The lowest BCUT2D eigenvalue weighted by molar-refractivity contribution is -0.140. The van der Waals surface area contributed by atoms with Crippen LogP contribution in [0.25, 0.3) is 0 Å². The highest BCUT2D eigenvalue weighted by Gasteiger charge is 2.20. The fourth-order valence-corrected chi connectivity index (χ4v) is 2.23. The molecule has 1 amide bonds. The number of nitrogens with zero attached hydrogens (tertiary/aromatic N) is 2. The van der Waals surface area contributed by atoms with Crippen molar-refractivity contribution in [2.75, 3.05) is 13.7 Å². The minimum absolute atomic E-state index is 0.00926. The van der Waals surface area contributed by atoms with Crippen LogP contribution in [0.2, 0.25) is 0 Å². The molecule has 0 saturated heterocycles. The molecule has 0 radical (unpaired) electrons. The van der Waals surface area contributed by atoms with Crippen LogP contribution >= 0.6 is 0 Å². The van der Waals surface area contributed by atoms with Crippen molar-refractivity contribution in [1.29, 1.82) is 0 Å². The maximum atomic E-state index is 13.9. The number of rotatable bonds is 6. The Morgan fingerprint density at radius 1 is 1.20 bits per heavy atom. The van der Waals surface area contributed by atoms with Crippen molar-refractivity contribution in [3.8, 4) is 0 Å². The van der Waals surface area contributed by atoms with Gasteiger partial charge in [-0.2, -0.15) is 0 Å². The molecule has 0 aliphatic carbocycles. The van der Waals surface area contributed by atoms with E-state index >= 15 is 0 Å². The minimum Gasteiger partial charge on any atom is -0.469 e. The first-order chi connectivity index (χ1) is 11.9. The highest BCUT2D eigenvalue weighted by molar-refractivity contribution is 5.94. The molecule has 0 saturated carbocycles. The number of esters is 1. The molecule has 0 fully saturated rings. The van der Waals surface area contributed by atoms with E-state index in [1.54, 1.807) is 19.1 Å². The van der Waals surface area contributed by atoms with Gasteiger partial charge in [0, 0.05) is 30.5 Å². The largest absolute Gasteiger partial charge is 0.469 e. The second-order valence-electron chi connectivity index (χ2n) is 5.45. The van der Waals surface area contributed by atoms with Crippen LogP contribution in [0.15, 0.2) is 36.5 Å². The van der Waals surface area contributed by atoms with Crippen molar-refractivity contribution < 1.29 is 23.1 Å². The molecule has 5 nitrogen and oxygen atoms in total. The number of methoxy groups -OCH3 is 1. The number of hydrogen-bond donors (Lipinski definition) is 0. The highest BCUT2D eigenvalue weighted by atomic mass is 19.2. The standard InChI is InChI=1S/C18H18F2N2O3/c1-12-6-7-13(10-21-12)18(24)22(9-8-16(23)25-2)11-14-4-3-5-15(19)17(14)20/h3-7,10H,8-9,11H2,1-2H3. The first-order valence-electron chi connectivity index (χ1n) is 7.64. The average molecular weight is 348 g/mol. The van der Waals surface area contributed by atoms with E-state index in [1.807, 2.05) is 0 Å². The summed E-state index contributed by atoms with van der Waals surface area (Å²) < 4.78 is 31.9. The van der Waals surface area contributed by atoms with Crippen molar-refractivity contribution >= 4 is 11.9 Å². The van der Waals surface area contributed by atoms with Crippen LogP contribution in [0, 0.1) is 18.6 Å². The van der Waals surface area contributed by atoms with Crippen molar-refractivity contribution in [3.05, 3.63) is 65.0 Å². The van der Waals surface area contributed by atoms with Crippen molar-refractivity contribution in [2.45, 2.75) is 19.9 Å². The van der Waals surface area contributed by atoms with E-state index in [0.29, 0.717) is 5.56 Å². The molecule has 7 heteroatoms. The van der Waals surface area contributed by atoms with Crippen LogP contribution in [0.3, 0.4) is 0 Å². The SMILES string of the molecule is COC(=O)CCN(Cc1cccc(F)c1F)C(=O)c1ccc(C)nc1. The van der Waals surface area contributed by atoms with Crippen LogP contribution < -0.4 is 0 Å². The van der Waals surface area contributed by atoms with Gasteiger partial charge in [0.25, 0.3) is 5.91 Å². The number of hydrogen-bond acceptors (Lipinski definition) is 4. The molecule has 1 aromatic heterocycles. The van der Waals surface area contributed by atoms with E-state index < -0.39 is 23.5 Å². The van der Waals surface area contributed by atoms with Gasteiger partial charge in [0.1, 0.15) is 0 Å². The average Bonchev–Trinajstić information content (AvgIpc) is 2.61. The van der Waals surface area contributed by atoms with Crippen molar-refractivity contribution in [1.82, 2.24) is 9.88 Å². The Morgan fingerprint density at radius 2 is 1.96 bits per heavy atom. The van der Waals surface area contributed by atoms with E-state index in [2.05, 4.69) is 9.72 Å². The second-order valence-corrected chi connectivity index (χ2v) is 5.45. The van der Waals surface area contributed by atoms with Gasteiger partial charge in [-0.05, 0) is 25.1 Å². The summed E-state index contributed by atoms with van der Waals surface area (Å²) in [6.07, 6.45) is 1.35. The fraction of sp³-hybridized carbons (Fsp3) is 0.278. The Labute approximate surface area is 144 Å². The second kappa shape index (κ2) is 8.32. The third-order valence-electron chi connectivity index (χ3n) is 3.65. The molecular weight excluding hydrogens is 330 g/mol. The van der Waals surface area contributed by atoms with Crippen LogP contribution in [0.1, 0.15) is 28.0 Å². The molecule has 0 bridgehead atoms. The van der Waals surface area contributed by atoms with Crippen LogP contribution in [-0.4, -0.2) is 35.4 Å². The van der Waals surface area contributed by atoms with Gasteiger partial charge in [-0.25, -0.2) is 8.78 Å². The summed E-state index contributed by atoms with van der Waals surface area (Å²) >= 11 is 0. The smallest absolute Gasteiger partial charge is 0.307 e. The molecule has 2 aromatic rings. The zero-order valence-corrected chi connectivity index (χ0v) is 14.0. The molecule has 0 N–H and O–H groups in total. The van der Waals surface area contributed by atoms with Crippen LogP contribution in [-0.2, 0) is 16.1 Å². The first kappa shape index (κ1) is 18.5. The van der Waals surface area contributed by atoms with E-state index in [-0.39, 0.29) is 25.1 Å². The Hall–Kier alpha value is -2.83. The van der Waals surface area contributed by atoms with Gasteiger partial charge >= 0.3 is 5.97 Å². The molecule has 1 aromatic carbocycles. The van der Waals surface area contributed by atoms with Crippen LogP contribution in [0.4, 0.5) is 8.78 Å². The number of benzene rings is 1. The summed E-state index contributed by atoms with van der Waals surface area (Å²) in [5, 5.41) is 0. The maximum absolute atomic E-state index is 13.9. The number of pyridine rings is 1. The van der Waals surface area contributed by atoms with Gasteiger partial charge in [-0.15, -0.1) is 0 Å². The third kappa shape index (κ3) is 4.82. The third-order valence-corrected chi connectivity index (χ3v) is 3.65. The lowest BCUT2D eigenvalue weighted by Gasteiger charge is -2.23. The fourth-order valence-electron chi connectivity index (χ4n) is 2.23. The van der Waals surface area contributed by atoms with Gasteiger partial charge in [0.15, 0.2) is 11.6 Å². The minimum atomic E-state index is -1.01. The molecule has 0 unspecified atom stereocenters. The maximum Gasteiger partial charge on any atom is 0.307 e. The Kier molecular flexibility index (Phi) is 6.16. The summed E-state index contributed by atoms with van der Waals surface area (Å²) in [4.78, 5) is 29.4. The Bertz CT molecular complexity index is 763. The summed E-state index contributed by atoms with van der Waals surface area (Å²) in [7, 11) is 1.24. The number of ether oxygens (including phenoxy) is 1. The molecule has 25 heavy (non-hydrogen) atoms. The van der Waals surface area contributed by atoms with Gasteiger partial charge in [0.05, 0.1) is 19.1 Å². The van der Waals surface area contributed by atoms with Gasteiger partial charge in [0.2, 0.25) is 0 Å². The lowest BCUT2D eigenvalue weighted by Crippen LogP contribution is -2.33. The highest BCUT2D eigenvalue weighted by Crippen LogP contribution is 2.16. The number of carbonyl (C=O) groups is 2. The number of carbonyl (C=O) groups excluding carboxylic acids is 2. The monoisotopic (exact) mass is 348 g/mol. The number of amides is 1. The van der Waals surface area contributed by atoms with Gasteiger partial charge in [-0.3, -0.25) is 14.6 Å². The van der Waals surface area contributed by atoms with E-state index in [0.717, 1.165) is 11.8 Å². The summed E-state index contributed by atoms with van der Waals surface area (Å²) in [5.41, 5.74) is 1.07. The molecule has 132 valence electrons. The summed E-state index contributed by atoms with van der Waals surface area (Å²) in [6, 6.07) is 7.03. The molecule has 0 aliphatic rings. The number of aromatic nitrogens is 1. The summed E-state index contributed by atoms with van der Waals surface area (Å²) in [5.74, 6) is -2.94. The topological polar surface area (TPSA) is 59.5 Å². The molecule has 1 heterocycles. The normalized spacial score (nSPS) is 10.4. The predicted molar refractivity (Wildman–Crippen MR) is 86.7 cm³/mol. The van der Waals surface area contributed by atoms with Crippen molar-refractivity contribution in [3.63, 3.8) is 0 Å². The van der Waals surface area contributed by atoms with E-state index in [9.17, 15) is 18.4 Å². The Morgan fingerprint density at radius 3 is 2.60 bits per heavy atom. The first-order valence-corrected chi connectivity index (χ1v) is 7.64. The van der Waals surface area contributed by atoms with E-state index in [1.165, 1.54) is 30.3 Å². The van der Waals surface area contributed by atoms with Gasteiger partial charge < -0.3 is 9.64 Å². The zero-order valence-electron chi connectivity index (χ0n) is 14.0. The van der Waals surface area contributed by atoms with Crippen LogP contribution in [0.5, 0.6) is 0 Å². The molecule has 0 aliphatic heterocycles. The summed E-state index contributed by atoms with van der Waals surface area (Å²) in [6.45, 7) is 1.62. The Balaban J connectivity index is 2.25. The zero-order chi connectivity index (χ0) is 18.4. The van der Waals surface area contributed by atoms with E-state index in [4.69, 9.17) is 0 Å². The molecule has 2 rings (SSSR count).